The molecule has 0 aliphatic rings. The average Bonchev–Trinajstić information content (AvgIpc) is 2.63. The highest BCUT2D eigenvalue weighted by Crippen LogP contribution is 2.39. The normalized spacial score (nSPS) is 15.0. The van der Waals surface area contributed by atoms with E-state index in [2.05, 4.69) is 91.7 Å². The molecular weight excluding hydrogens is 408 g/mol. The predicted molar refractivity (Wildman–Crippen MR) is 147 cm³/mol. The molecule has 0 aromatic rings. The van der Waals surface area contributed by atoms with Crippen LogP contribution in [0.4, 0.5) is 0 Å². The molecule has 0 rings (SSSR count). The monoisotopic (exact) mass is 470 g/mol. The van der Waals surface area contributed by atoms with E-state index in [-0.39, 0.29) is 28.0 Å². The molecule has 0 radical (unpaired) electrons. The van der Waals surface area contributed by atoms with Crippen molar-refractivity contribution in [3.63, 3.8) is 0 Å². The van der Waals surface area contributed by atoms with Gasteiger partial charge >= 0.3 is 0 Å². The van der Waals surface area contributed by atoms with Gasteiger partial charge in [-0.2, -0.15) is 0 Å². The molecule has 200 valence electrons. The molecule has 0 aliphatic carbocycles. The Balaban J connectivity index is 4.60. The van der Waals surface area contributed by atoms with Crippen LogP contribution >= 0.6 is 0 Å². The molecule has 0 saturated heterocycles. The van der Waals surface area contributed by atoms with E-state index in [0.29, 0.717) is 5.92 Å². The SMILES string of the molecule is CC(C)C(C)(C)CC(O)CC(C)(C)C(C)(C)NCCCN(CCCN)CCCNC(C)(C)C. The molecule has 33 heavy (non-hydrogen) atoms. The summed E-state index contributed by atoms with van der Waals surface area (Å²) >= 11 is 0. The summed E-state index contributed by atoms with van der Waals surface area (Å²) in [7, 11) is 0. The van der Waals surface area contributed by atoms with Crippen LogP contribution in [0.1, 0.15) is 108 Å². The maximum atomic E-state index is 10.9. The Morgan fingerprint density at radius 3 is 1.70 bits per heavy atom. The summed E-state index contributed by atoms with van der Waals surface area (Å²) in [5.41, 5.74) is 6.06. The van der Waals surface area contributed by atoms with Gasteiger partial charge in [0, 0.05) is 11.1 Å². The second-order valence-corrected chi connectivity index (χ2v) is 13.5. The predicted octanol–water partition coefficient (Wildman–Crippen LogP) is 5.02. The summed E-state index contributed by atoms with van der Waals surface area (Å²) in [5.74, 6) is 0.563. The summed E-state index contributed by atoms with van der Waals surface area (Å²) in [6.45, 7) is 31.0. The van der Waals surface area contributed by atoms with E-state index in [9.17, 15) is 5.11 Å². The molecule has 0 saturated carbocycles. The summed E-state index contributed by atoms with van der Waals surface area (Å²) in [6, 6.07) is 0. The van der Waals surface area contributed by atoms with Crippen molar-refractivity contribution in [2.45, 2.75) is 125 Å². The van der Waals surface area contributed by atoms with Gasteiger partial charge in [0.15, 0.2) is 0 Å². The topological polar surface area (TPSA) is 73.5 Å². The third kappa shape index (κ3) is 14.1. The number of nitrogens with zero attached hydrogens (tertiary/aromatic N) is 1. The average molecular weight is 471 g/mol. The number of aliphatic hydroxyl groups is 1. The molecule has 1 unspecified atom stereocenters. The van der Waals surface area contributed by atoms with E-state index < -0.39 is 0 Å². The number of aliphatic hydroxyl groups excluding tert-OH is 1. The Bertz CT molecular complexity index is 509. The number of rotatable bonds is 18. The number of hydrogen-bond acceptors (Lipinski definition) is 5. The highest BCUT2D eigenvalue weighted by molar-refractivity contribution is 4.95. The molecule has 5 heteroatoms. The van der Waals surface area contributed by atoms with Gasteiger partial charge in [-0.25, -0.2) is 0 Å². The van der Waals surface area contributed by atoms with Crippen LogP contribution in [0.5, 0.6) is 0 Å². The quantitative estimate of drug-likeness (QED) is 0.212. The Morgan fingerprint density at radius 1 is 0.758 bits per heavy atom. The molecule has 5 N–H and O–H groups in total. The largest absolute Gasteiger partial charge is 0.393 e. The van der Waals surface area contributed by atoms with Crippen molar-refractivity contribution >= 4 is 0 Å². The highest BCUT2D eigenvalue weighted by atomic mass is 16.3. The molecule has 0 spiro atoms. The van der Waals surface area contributed by atoms with Crippen LogP contribution in [0.25, 0.3) is 0 Å². The van der Waals surface area contributed by atoms with Gasteiger partial charge in [-0.15, -0.1) is 0 Å². The fraction of sp³-hybridized carbons (Fsp3) is 1.00. The number of nitrogens with one attached hydrogen (secondary N) is 2. The first kappa shape index (κ1) is 32.8. The van der Waals surface area contributed by atoms with Crippen molar-refractivity contribution in [3.8, 4) is 0 Å². The van der Waals surface area contributed by atoms with Gasteiger partial charge < -0.3 is 26.4 Å². The van der Waals surface area contributed by atoms with E-state index in [1.807, 2.05) is 0 Å². The molecule has 0 aliphatic heterocycles. The zero-order chi connectivity index (χ0) is 25.9. The van der Waals surface area contributed by atoms with E-state index >= 15 is 0 Å². The molecule has 0 aromatic carbocycles. The second-order valence-electron chi connectivity index (χ2n) is 13.5. The molecule has 0 heterocycles. The Labute approximate surface area is 208 Å². The van der Waals surface area contributed by atoms with Gasteiger partial charge in [0.1, 0.15) is 0 Å². The molecule has 0 bridgehead atoms. The number of nitrogens with two attached hydrogens (primary N) is 1. The van der Waals surface area contributed by atoms with Gasteiger partial charge in [-0.05, 0) is 123 Å². The zero-order valence-electron chi connectivity index (χ0n) is 24.4. The minimum atomic E-state index is -0.271. The lowest BCUT2D eigenvalue weighted by Crippen LogP contribution is -2.53. The van der Waals surface area contributed by atoms with E-state index in [0.717, 1.165) is 65.0 Å². The smallest absolute Gasteiger partial charge is 0.0551 e. The van der Waals surface area contributed by atoms with Crippen molar-refractivity contribution in [1.82, 2.24) is 15.5 Å². The molecule has 0 aromatic heterocycles. The van der Waals surface area contributed by atoms with Crippen LogP contribution in [-0.2, 0) is 0 Å². The van der Waals surface area contributed by atoms with E-state index in [1.165, 1.54) is 6.42 Å². The second kappa shape index (κ2) is 14.4. The lowest BCUT2D eigenvalue weighted by Gasteiger charge is -2.45. The third-order valence-electron chi connectivity index (χ3n) is 7.97. The standard InChI is InChI=1S/C28H62N4O/c1-23(2)26(6,7)21-24(33)22-27(8,9)28(10,11)31-17-14-20-32(18-12-15-29)19-13-16-30-25(3,4)5/h23-24,30-31,33H,12-22,29H2,1-11H3. The van der Waals surface area contributed by atoms with Crippen molar-refractivity contribution in [1.29, 1.82) is 0 Å². The summed E-state index contributed by atoms with van der Waals surface area (Å²) in [5, 5.41) is 18.3. The minimum absolute atomic E-state index is 0.00264. The van der Waals surface area contributed by atoms with Crippen LogP contribution in [0.2, 0.25) is 0 Å². The van der Waals surface area contributed by atoms with Crippen molar-refractivity contribution < 1.29 is 5.11 Å². The number of hydrogen-bond donors (Lipinski definition) is 4. The first-order valence-electron chi connectivity index (χ1n) is 13.5. The van der Waals surface area contributed by atoms with Crippen molar-refractivity contribution in [2.24, 2.45) is 22.5 Å². The van der Waals surface area contributed by atoms with Crippen LogP contribution in [0.3, 0.4) is 0 Å². The maximum absolute atomic E-state index is 10.9. The molecule has 5 nitrogen and oxygen atoms in total. The summed E-state index contributed by atoms with van der Waals surface area (Å²) in [6.07, 6.45) is 4.74. The molecular formula is C28H62N4O. The van der Waals surface area contributed by atoms with Crippen LogP contribution in [0, 0.1) is 16.7 Å². The zero-order valence-corrected chi connectivity index (χ0v) is 24.4. The molecule has 1 atom stereocenters. The van der Waals surface area contributed by atoms with Gasteiger partial charge in [-0.1, -0.05) is 41.5 Å². The van der Waals surface area contributed by atoms with Crippen molar-refractivity contribution in [2.75, 3.05) is 39.3 Å². The maximum Gasteiger partial charge on any atom is 0.0551 e. The van der Waals surface area contributed by atoms with Gasteiger partial charge in [0.25, 0.3) is 0 Å². The first-order valence-corrected chi connectivity index (χ1v) is 13.5. The molecule has 0 fully saturated rings. The first-order chi connectivity index (χ1) is 14.9. The van der Waals surface area contributed by atoms with Crippen molar-refractivity contribution in [3.05, 3.63) is 0 Å². The van der Waals surface area contributed by atoms with Gasteiger partial charge in [0.05, 0.1) is 6.10 Å². The lowest BCUT2D eigenvalue weighted by atomic mass is 9.68. The van der Waals surface area contributed by atoms with Gasteiger partial charge in [0.2, 0.25) is 0 Å². The van der Waals surface area contributed by atoms with Crippen LogP contribution < -0.4 is 16.4 Å². The summed E-state index contributed by atoms with van der Waals surface area (Å²) in [4.78, 5) is 2.56. The van der Waals surface area contributed by atoms with Gasteiger partial charge in [-0.3, -0.25) is 0 Å². The lowest BCUT2D eigenvalue weighted by molar-refractivity contribution is 0.0243. The Morgan fingerprint density at radius 2 is 1.24 bits per heavy atom. The minimum Gasteiger partial charge on any atom is -0.393 e. The fourth-order valence-corrected chi connectivity index (χ4v) is 4.12. The molecule has 0 amide bonds. The fourth-order valence-electron chi connectivity index (χ4n) is 4.12. The van der Waals surface area contributed by atoms with E-state index in [4.69, 9.17) is 5.73 Å². The van der Waals surface area contributed by atoms with Crippen LogP contribution in [-0.4, -0.2) is 66.5 Å². The van der Waals surface area contributed by atoms with Crippen LogP contribution in [0.15, 0.2) is 0 Å². The Hall–Kier alpha value is -0.200. The highest BCUT2D eigenvalue weighted by Gasteiger charge is 2.39. The van der Waals surface area contributed by atoms with E-state index in [1.54, 1.807) is 0 Å². The third-order valence-corrected chi connectivity index (χ3v) is 7.97. The Kier molecular flexibility index (Phi) is 14.3. The summed E-state index contributed by atoms with van der Waals surface area (Å²) < 4.78 is 0.